The highest BCUT2D eigenvalue weighted by Crippen LogP contribution is 2.26. The van der Waals surface area contributed by atoms with Crippen LogP contribution in [0, 0.1) is 13.8 Å². The van der Waals surface area contributed by atoms with Gasteiger partial charge < -0.3 is 0 Å². The van der Waals surface area contributed by atoms with Crippen LogP contribution in [0.2, 0.25) is 0 Å². The van der Waals surface area contributed by atoms with Gasteiger partial charge in [-0.2, -0.15) is 0 Å². The highest BCUT2D eigenvalue weighted by molar-refractivity contribution is 9.11. The Morgan fingerprint density at radius 1 is 1.00 bits per heavy atom. The molecule has 0 radical (unpaired) electrons. The smallest absolute Gasteiger partial charge is 0.168 e. The van der Waals surface area contributed by atoms with Crippen molar-refractivity contribution in [2.24, 2.45) is 0 Å². The van der Waals surface area contributed by atoms with Crippen molar-refractivity contribution < 1.29 is 4.79 Å². The molecule has 0 aliphatic rings. The lowest BCUT2D eigenvalue weighted by molar-refractivity contribution is 0.0992. The molecule has 0 bridgehead atoms. The average molecular weight is 382 g/mol. The number of aryl methyl sites for hydroxylation is 2. The Balaban J connectivity index is 2.31. The lowest BCUT2D eigenvalue weighted by Gasteiger charge is -2.08. The maximum absolute atomic E-state index is 12.4. The van der Waals surface area contributed by atoms with E-state index in [1.807, 2.05) is 50.2 Å². The lowest BCUT2D eigenvalue weighted by Crippen LogP contribution is -2.06. The molecule has 0 heterocycles. The summed E-state index contributed by atoms with van der Waals surface area (Å²) >= 11 is 6.95. The number of carbonyl (C=O) groups excluding carboxylic acids is 1. The summed E-state index contributed by atoms with van der Waals surface area (Å²) in [6.45, 7) is 4.03. The standard InChI is InChI=1S/C16H14Br2O/c1-10-5-3-4-6-12(10)8-16(19)13-9-14(17)11(2)7-15(13)18/h3-7,9H,8H2,1-2H3. The second kappa shape index (κ2) is 6.02. The third-order valence-corrected chi connectivity index (χ3v) is 4.67. The van der Waals surface area contributed by atoms with Crippen molar-refractivity contribution in [1.29, 1.82) is 0 Å². The van der Waals surface area contributed by atoms with Crippen LogP contribution < -0.4 is 0 Å². The first-order valence-electron chi connectivity index (χ1n) is 6.02. The van der Waals surface area contributed by atoms with Gasteiger partial charge in [-0.3, -0.25) is 4.79 Å². The topological polar surface area (TPSA) is 17.1 Å². The minimum atomic E-state index is 0.127. The highest BCUT2D eigenvalue weighted by Gasteiger charge is 2.13. The van der Waals surface area contributed by atoms with Gasteiger partial charge in [-0.15, -0.1) is 0 Å². The molecule has 0 amide bonds. The maximum atomic E-state index is 12.4. The minimum absolute atomic E-state index is 0.127. The molecule has 0 spiro atoms. The van der Waals surface area contributed by atoms with E-state index in [1.54, 1.807) is 0 Å². The van der Waals surface area contributed by atoms with Gasteiger partial charge in [0.15, 0.2) is 5.78 Å². The third-order valence-electron chi connectivity index (χ3n) is 3.16. The number of rotatable bonds is 3. The summed E-state index contributed by atoms with van der Waals surface area (Å²) in [6, 6.07) is 11.8. The molecule has 0 N–H and O–H groups in total. The van der Waals surface area contributed by atoms with E-state index in [4.69, 9.17) is 0 Å². The van der Waals surface area contributed by atoms with E-state index < -0.39 is 0 Å². The number of benzene rings is 2. The summed E-state index contributed by atoms with van der Waals surface area (Å²) in [7, 11) is 0. The van der Waals surface area contributed by atoms with Gasteiger partial charge in [0.2, 0.25) is 0 Å². The molecular formula is C16H14Br2O. The van der Waals surface area contributed by atoms with E-state index in [9.17, 15) is 4.79 Å². The normalized spacial score (nSPS) is 10.5. The highest BCUT2D eigenvalue weighted by atomic mass is 79.9. The van der Waals surface area contributed by atoms with Gasteiger partial charge in [-0.05, 0) is 42.7 Å². The molecule has 19 heavy (non-hydrogen) atoms. The van der Waals surface area contributed by atoms with Crippen LogP contribution in [0.15, 0.2) is 45.3 Å². The maximum Gasteiger partial charge on any atom is 0.168 e. The van der Waals surface area contributed by atoms with Crippen molar-refractivity contribution in [2.75, 3.05) is 0 Å². The van der Waals surface area contributed by atoms with Gasteiger partial charge in [-0.25, -0.2) is 0 Å². The van der Waals surface area contributed by atoms with E-state index in [0.29, 0.717) is 6.42 Å². The number of hydrogen-bond acceptors (Lipinski definition) is 1. The number of ketones is 1. The number of hydrogen-bond donors (Lipinski definition) is 0. The first-order chi connectivity index (χ1) is 8.99. The molecule has 2 aromatic carbocycles. The quantitative estimate of drug-likeness (QED) is 0.663. The minimum Gasteiger partial charge on any atom is -0.294 e. The zero-order valence-electron chi connectivity index (χ0n) is 10.8. The Hall–Kier alpha value is -0.930. The second-order valence-corrected chi connectivity index (χ2v) is 6.32. The van der Waals surface area contributed by atoms with Crippen LogP contribution in [0.1, 0.15) is 27.0 Å². The van der Waals surface area contributed by atoms with Crippen LogP contribution in [0.5, 0.6) is 0 Å². The number of carbonyl (C=O) groups is 1. The largest absolute Gasteiger partial charge is 0.294 e. The molecule has 0 aromatic heterocycles. The van der Waals surface area contributed by atoms with Crippen molar-refractivity contribution in [3.8, 4) is 0 Å². The van der Waals surface area contributed by atoms with Crippen LogP contribution in [-0.2, 0) is 6.42 Å². The van der Waals surface area contributed by atoms with E-state index in [-0.39, 0.29) is 5.78 Å². The first-order valence-corrected chi connectivity index (χ1v) is 7.61. The molecule has 2 rings (SSSR count). The molecule has 0 saturated carbocycles. The first kappa shape index (κ1) is 14.5. The van der Waals surface area contributed by atoms with Crippen molar-refractivity contribution in [1.82, 2.24) is 0 Å². The van der Waals surface area contributed by atoms with Crippen LogP contribution in [0.25, 0.3) is 0 Å². The van der Waals surface area contributed by atoms with Gasteiger partial charge >= 0.3 is 0 Å². The molecule has 2 aromatic rings. The molecule has 0 saturated heterocycles. The fraction of sp³-hybridized carbons (Fsp3) is 0.188. The molecule has 0 aliphatic heterocycles. The molecule has 3 heteroatoms. The van der Waals surface area contributed by atoms with Crippen molar-refractivity contribution in [2.45, 2.75) is 20.3 Å². The lowest BCUT2D eigenvalue weighted by atomic mass is 9.99. The fourth-order valence-electron chi connectivity index (χ4n) is 1.94. The summed E-state index contributed by atoms with van der Waals surface area (Å²) < 4.78 is 1.82. The van der Waals surface area contributed by atoms with E-state index in [0.717, 1.165) is 31.2 Å². The zero-order valence-corrected chi connectivity index (χ0v) is 14.0. The van der Waals surface area contributed by atoms with E-state index in [1.165, 1.54) is 0 Å². The van der Waals surface area contributed by atoms with Crippen LogP contribution in [0.3, 0.4) is 0 Å². The Bertz CT molecular complexity index is 633. The molecular weight excluding hydrogens is 368 g/mol. The second-order valence-electron chi connectivity index (χ2n) is 4.61. The van der Waals surface area contributed by atoms with Crippen molar-refractivity contribution in [3.63, 3.8) is 0 Å². The average Bonchev–Trinajstić information content (AvgIpc) is 2.36. The zero-order chi connectivity index (χ0) is 14.0. The van der Waals surface area contributed by atoms with E-state index >= 15 is 0 Å². The monoisotopic (exact) mass is 380 g/mol. The molecule has 0 fully saturated rings. The summed E-state index contributed by atoms with van der Waals surface area (Å²) in [5, 5.41) is 0. The number of Topliss-reactive ketones (excluding diaryl/α,β-unsaturated/α-hetero) is 1. The van der Waals surface area contributed by atoms with Gasteiger partial charge in [0.05, 0.1) is 0 Å². The van der Waals surface area contributed by atoms with Gasteiger partial charge in [0.25, 0.3) is 0 Å². The summed E-state index contributed by atoms with van der Waals surface area (Å²) in [6.07, 6.45) is 0.431. The van der Waals surface area contributed by atoms with Gasteiger partial charge in [0.1, 0.15) is 0 Å². The molecule has 0 atom stereocenters. The van der Waals surface area contributed by atoms with Crippen LogP contribution in [-0.4, -0.2) is 5.78 Å². The van der Waals surface area contributed by atoms with Crippen molar-refractivity contribution in [3.05, 3.63) is 67.6 Å². The molecule has 98 valence electrons. The molecule has 1 nitrogen and oxygen atoms in total. The Kier molecular flexibility index (Phi) is 4.58. The summed E-state index contributed by atoms with van der Waals surface area (Å²) in [5.74, 6) is 0.127. The predicted molar refractivity (Wildman–Crippen MR) is 85.8 cm³/mol. The molecule has 0 unspecified atom stereocenters. The van der Waals surface area contributed by atoms with Crippen molar-refractivity contribution >= 4 is 37.6 Å². The van der Waals surface area contributed by atoms with Crippen LogP contribution in [0.4, 0.5) is 0 Å². The predicted octanol–water partition coefficient (Wildman–Crippen LogP) is 5.25. The Morgan fingerprint density at radius 2 is 1.68 bits per heavy atom. The Labute approximate surface area is 130 Å². The SMILES string of the molecule is Cc1cc(Br)c(C(=O)Cc2ccccc2C)cc1Br. The van der Waals surface area contributed by atoms with Gasteiger partial charge in [0, 0.05) is 20.9 Å². The summed E-state index contributed by atoms with van der Waals surface area (Å²) in [4.78, 5) is 12.4. The molecule has 0 aliphatic carbocycles. The summed E-state index contributed by atoms with van der Waals surface area (Å²) in [5.41, 5.74) is 4.06. The number of halogens is 2. The van der Waals surface area contributed by atoms with Crippen LogP contribution >= 0.6 is 31.9 Å². The van der Waals surface area contributed by atoms with Gasteiger partial charge in [-0.1, -0.05) is 56.1 Å². The third kappa shape index (κ3) is 3.34. The van der Waals surface area contributed by atoms with E-state index in [2.05, 4.69) is 31.9 Å². The Morgan fingerprint density at radius 3 is 2.37 bits per heavy atom. The fourth-order valence-corrected chi connectivity index (χ4v) is 2.96.